The van der Waals surface area contributed by atoms with Gasteiger partial charge in [0.05, 0.1) is 0 Å². The van der Waals surface area contributed by atoms with Crippen molar-refractivity contribution in [2.75, 3.05) is 0 Å². The zero-order valence-electron chi connectivity index (χ0n) is 12.0. The number of benzene rings is 1. The van der Waals surface area contributed by atoms with Gasteiger partial charge in [0.25, 0.3) is 5.91 Å². The van der Waals surface area contributed by atoms with E-state index in [-0.39, 0.29) is 6.42 Å². The van der Waals surface area contributed by atoms with Crippen LogP contribution in [-0.4, -0.2) is 33.1 Å². The third-order valence-electron chi connectivity index (χ3n) is 3.21. The van der Waals surface area contributed by atoms with Crippen LogP contribution in [0.5, 0.6) is 0 Å². The standard InChI is InChI=1S/C16H15ClN2O4/c17-13-7-6-10(9-18-13)8-12(16(22)23)19-15(21)14(20)11-4-2-1-3-5-11/h1-7,9,12,14,20H,8H2,(H,19,21)(H,22,23)/t12-,14-/m0/s1. The second-order valence-electron chi connectivity index (χ2n) is 4.91. The van der Waals surface area contributed by atoms with Crippen molar-refractivity contribution in [2.24, 2.45) is 0 Å². The average molecular weight is 335 g/mol. The molecule has 2 aromatic rings. The predicted molar refractivity (Wildman–Crippen MR) is 83.9 cm³/mol. The number of rotatable bonds is 6. The van der Waals surface area contributed by atoms with Crippen LogP contribution in [0.2, 0.25) is 5.15 Å². The Hall–Kier alpha value is -2.44. The fourth-order valence-corrected chi connectivity index (χ4v) is 2.11. The van der Waals surface area contributed by atoms with Gasteiger partial charge in [0.2, 0.25) is 0 Å². The van der Waals surface area contributed by atoms with Gasteiger partial charge in [0.1, 0.15) is 11.2 Å². The van der Waals surface area contributed by atoms with E-state index in [0.29, 0.717) is 16.3 Å². The number of aliphatic carboxylic acids is 1. The fraction of sp³-hybridized carbons (Fsp3) is 0.188. The summed E-state index contributed by atoms with van der Waals surface area (Å²) in [4.78, 5) is 27.2. The molecule has 2 rings (SSSR count). The predicted octanol–water partition coefficient (Wildman–Crippen LogP) is 1.58. The van der Waals surface area contributed by atoms with Crippen LogP contribution in [0.3, 0.4) is 0 Å². The van der Waals surface area contributed by atoms with Crippen LogP contribution in [-0.2, 0) is 16.0 Å². The van der Waals surface area contributed by atoms with Crippen LogP contribution in [0.15, 0.2) is 48.7 Å². The molecule has 7 heteroatoms. The molecule has 0 fully saturated rings. The molecule has 2 atom stereocenters. The van der Waals surface area contributed by atoms with Gasteiger partial charge in [-0.05, 0) is 17.2 Å². The smallest absolute Gasteiger partial charge is 0.326 e. The summed E-state index contributed by atoms with van der Waals surface area (Å²) in [5.74, 6) is -1.97. The number of carboxylic acids is 1. The molecule has 1 aromatic carbocycles. The third-order valence-corrected chi connectivity index (χ3v) is 3.43. The first-order chi connectivity index (χ1) is 11.0. The number of aliphatic hydroxyl groups is 1. The lowest BCUT2D eigenvalue weighted by Crippen LogP contribution is -2.44. The van der Waals surface area contributed by atoms with Gasteiger partial charge in [-0.25, -0.2) is 9.78 Å². The molecule has 0 radical (unpaired) electrons. The van der Waals surface area contributed by atoms with Crippen LogP contribution in [0.25, 0.3) is 0 Å². The monoisotopic (exact) mass is 334 g/mol. The minimum atomic E-state index is -1.43. The molecule has 0 aliphatic carbocycles. The summed E-state index contributed by atoms with van der Waals surface area (Å²) in [5, 5.41) is 21.9. The van der Waals surface area contributed by atoms with Crippen molar-refractivity contribution >= 4 is 23.5 Å². The van der Waals surface area contributed by atoms with E-state index in [2.05, 4.69) is 10.3 Å². The molecule has 23 heavy (non-hydrogen) atoms. The molecule has 120 valence electrons. The van der Waals surface area contributed by atoms with E-state index >= 15 is 0 Å². The van der Waals surface area contributed by atoms with E-state index in [4.69, 9.17) is 11.6 Å². The number of amides is 1. The minimum absolute atomic E-state index is 0.0345. The average Bonchev–Trinajstić information content (AvgIpc) is 2.56. The topological polar surface area (TPSA) is 99.5 Å². The summed E-state index contributed by atoms with van der Waals surface area (Å²) >= 11 is 5.67. The highest BCUT2D eigenvalue weighted by Crippen LogP contribution is 2.13. The summed E-state index contributed by atoms with van der Waals surface area (Å²) in [7, 11) is 0. The molecule has 0 aliphatic rings. The summed E-state index contributed by atoms with van der Waals surface area (Å²) in [6.45, 7) is 0. The summed E-state index contributed by atoms with van der Waals surface area (Å²) in [6, 6.07) is 10.3. The van der Waals surface area contributed by atoms with Gasteiger partial charge in [0.15, 0.2) is 6.10 Å². The number of aromatic nitrogens is 1. The van der Waals surface area contributed by atoms with Crippen molar-refractivity contribution in [3.05, 3.63) is 64.9 Å². The highest BCUT2D eigenvalue weighted by atomic mass is 35.5. The molecule has 0 aliphatic heterocycles. The van der Waals surface area contributed by atoms with Crippen LogP contribution < -0.4 is 5.32 Å². The maximum absolute atomic E-state index is 12.0. The van der Waals surface area contributed by atoms with Crippen molar-refractivity contribution in [2.45, 2.75) is 18.6 Å². The first kappa shape index (κ1) is 16.9. The highest BCUT2D eigenvalue weighted by Gasteiger charge is 2.25. The SMILES string of the molecule is O=C(O)[C@H](Cc1ccc(Cl)nc1)NC(=O)[C@@H](O)c1ccccc1. The Kier molecular flexibility index (Phi) is 5.67. The first-order valence-corrected chi connectivity index (χ1v) is 7.22. The number of carbonyl (C=O) groups excluding carboxylic acids is 1. The van der Waals surface area contributed by atoms with Gasteiger partial charge in [-0.1, -0.05) is 48.0 Å². The van der Waals surface area contributed by atoms with Crippen molar-refractivity contribution in [1.82, 2.24) is 10.3 Å². The Balaban J connectivity index is 2.05. The molecule has 1 aromatic heterocycles. The first-order valence-electron chi connectivity index (χ1n) is 6.84. The van der Waals surface area contributed by atoms with E-state index in [1.807, 2.05) is 0 Å². The summed E-state index contributed by atoms with van der Waals surface area (Å²) in [6.07, 6.45) is 0.0477. The third kappa shape index (κ3) is 4.77. The Bertz CT molecular complexity index is 676. The van der Waals surface area contributed by atoms with Crippen LogP contribution >= 0.6 is 11.6 Å². The number of halogens is 1. The summed E-state index contributed by atoms with van der Waals surface area (Å²) in [5.41, 5.74) is 0.999. The van der Waals surface area contributed by atoms with Crippen molar-refractivity contribution in [3.8, 4) is 0 Å². The van der Waals surface area contributed by atoms with E-state index in [1.54, 1.807) is 36.4 Å². The molecule has 0 saturated heterocycles. The van der Waals surface area contributed by atoms with Crippen LogP contribution in [0.1, 0.15) is 17.2 Å². The second-order valence-corrected chi connectivity index (χ2v) is 5.29. The highest BCUT2D eigenvalue weighted by molar-refractivity contribution is 6.29. The summed E-state index contributed by atoms with van der Waals surface area (Å²) < 4.78 is 0. The molecule has 0 unspecified atom stereocenters. The lowest BCUT2D eigenvalue weighted by molar-refractivity contribution is -0.143. The normalized spacial score (nSPS) is 13.1. The van der Waals surface area contributed by atoms with Gasteiger partial charge in [0, 0.05) is 12.6 Å². The number of aliphatic hydroxyl groups excluding tert-OH is 1. The van der Waals surface area contributed by atoms with Crippen molar-refractivity contribution < 1.29 is 19.8 Å². The van der Waals surface area contributed by atoms with Gasteiger partial charge in [-0.2, -0.15) is 0 Å². The van der Waals surface area contributed by atoms with Gasteiger partial charge in [-0.3, -0.25) is 4.79 Å². The number of nitrogens with zero attached hydrogens (tertiary/aromatic N) is 1. The zero-order valence-corrected chi connectivity index (χ0v) is 12.8. The lowest BCUT2D eigenvalue weighted by atomic mass is 10.1. The Morgan fingerprint density at radius 3 is 2.43 bits per heavy atom. The van der Waals surface area contributed by atoms with E-state index in [1.165, 1.54) is 12.3 Å². The molecule has 1 amide bonds. The van der Waals surface area contributed by atoms with Gasteiger partial charge in [-0.15, -0.1) is 0 Å². The number of pyridine rings is 1. The van der Waals surface area contributed by atoms with Crippen LogP contribution in [0, 0.1) is 0 Å². The molecule has 3 N–H and O–H groups in total. The maximum atomic E-state index is 12.0. The number of hydrogen-bond donors (Lipinski definition) is 3. The quantitative estimate of drug-likeness (QED) is 0.696. The molecular weight excluding hydrogens is 320 g/mol. The van der Waals surface area contributed by atoms with E-state index < -0.39 is 24.0 Å². The van der Waals surface area contributed by atoms with E-state index in [0.717, 1.165) is 0 Å². The van der Waals surface area contributed by atoms with Crippen molar-refractivity contribution in [3.63, 3.8) is 0 Å². The Morgan fingerprint density at radius 1 is 1.17 bits per heavy atom. The van der Waals surface area contributed by atoms with E-state index in [9.17, 15) is 19.8 Å². The van der Waals surface area contributed by atoms with Crippen LogP contribution in [0.4, 0.5) is 0 Å². The minimum Gasteiger partial charge on any atom is -0.480 e. The Labute approximate surface area is 137 Å². The molecular formula is C16H15ClN2O4. The molecule has 0 spiro atoms. The fourth-order valence-electron chi connectivity index (χ4n) is 2.00. The maximum Gasteiger partial charge on any atom is 0.326 e. The largest absolute Gasteiger partial charge is 0.480 e. The number of carboxylic acid groups (broad SMARTS) is 1. The molecule has 1 heterocycles. The van der Waals surface area contributed by atoms with Gasteiger partial charge >= 0.3 is 5.97 Å². The number of hydrogen-bond acceptors (Lipinski definition) is 4. The second kappa shape index (κ2) is 7.71. The lowest BCUT2D eigenvalue weighted by Gasteiger charge is -2.17. The molecule has 0 saturated carbocycles. The zero-order chi connectivity index (χ0) is 16.8. The Morgan fingerprint density at radius 2 is 1.87 bits per heavy atom. The van der Waals surface area contributed by atoms with Gasteiger partial charge < -0.3 is 15.5 Å². The number of carbonyl (C=O) groups is 2. The number of nitrogens with one attached hydrogen (secondary N) is 1. The van der Waals surface area contributed by atoms with Crippen molar-refractivity contribution in [1.29, 1.82) is 0 Å². The molecule has 6 nitrogen and oxygen atoms in total. The molecule has 0 bridgehead atoms.